The molecule has 7 nitrogen and oxygen atoms in total. The van der Waals surface area contributed by atoms with Crippen LogP contribution < -0.4 is 11.1 Å². The molecule has 9 heteroatoms. The molecule has 0 radical (unpaired) electrons. The number of pyridine rings is 1. The maximum absolute atomic E-state index is 12.7. The van der Waals surface area contributed by atoms with E-state index in [0.29, 0.717) is 22.4 Å². The molecule has 4 aromatic rings. The molecule has 0 fully saturated rings. The summed E-state index contributed by atoms with van der Waals surface area (Å²) in [5.74, 6) is 0.0710. The van der Waals surface area contributed by atoms with Crippen molar-refractivity contribution in [2.24, 2.45) is 5.73 Å². The Bertz CT molecular complexity index is 1240. The highest BCUT2D eigenvalue weighted by molar-refractivity contribution is 6.36. The summed E-state index contributed by atoms with van der Waals surface area (Å²) in [4.78, 5) is 25.6. The molecule has 3 aromatic heterocycles. The number of aromatic nitrogens is 4. The molecule has 0 atom stereocenters. The largest absolute Gasteiger partial charge is 0.347 e. The molecule has 4 rings (SSSR count). The number of nitrogens with zero attached hydrogens (tertiary/aromatic N) is 4. The second-order valence-corrected chi connectivity index (χ2v) is 7.54. The SMILES string of the molecule is Cc1nc2nc(C(=O)NCc3cccnc3)cn2c(-c2ccc(Cl)cc2Cl)c1CN. The molecule has 1 amide bonds. The smallest absolute Gasteiger partial charge is 0.271 e. The molecule has 0 spiro atoms. The Morgan fingerprint density at radius 1 is 1.23 bits per heavy atom. The molecule has 1 aromatic carbocycles. The van der Waals surface area contributed by atoms with Gasteiger partial charge in [-0.15, -0.1) is 0 Å². The summed E-state index contributed by atoms with van der Waals surface area (Å²) in [6, 6.07) is 8.94. The van der Waals surface area contributed by atoms with Crippen molar-refractivity contribution in [2.75, 3.05) is 0 Å². The van der Waals surface area contributed by atoms with E-state index >= 15 is 0 Å². The zero-order valence-corrected chi connectivity index (χ0v) is 17.6. The number of fused-ring (bicyclic) bond motifs is 1. The van der Waals surface area contributed by atoms with Crippen LogP contribution in [0.3, 0.4) is 0 Å². The number of amides is 1. The van der Waals surface area contributed by atoms with Crippen LogP contribution in [0.2, 0.25) is 10.0 Å². The van der Waals surface area contributed by atoms with Crippen molar-refractivity contribution in [2.45, 2.75) is 20.0 Å². The van der Waals surface area contributed by atoms with Crippen LogP contribution in [-0.2, 0) is 13.1 Å². The summed E-state index contributed by atoms with van der Waals surface area (Å²) in [6.07, 6.45) is 5.02. The Labute approximate surface area is 182 Å². The van der Waals surface area contributed by atoms with Crippen molar-refractivity contribution in [3.05, 3.63) is 81.5 Å². The van der Waals surface area contributed by atoms with Crippen molar-refractivity contribution in [3.63, 3.8) is 0 Å². The van der Waals surface area contributed by atoms with E-state index in [9.17, 15) is 4.79 Å². The number of hydrogen-bond donors (Lipinski definition) is 2. The number of aryl methyl sites for hydroxylation is 1. The maximum Gasteiger partial charge on any atom is 0.271 e. The number of benzene rings is 1. The third-order valence-corrected chi connectivity index (χ3v) is 5.27. The lowest BCUT2D eigenvalue weighted by atomic mass is 10.0. The zero-order chi connectivity index (χ0) is 21.3. The Morgan fingerprint density at radius 2 is 2.07 bits per heavy atom. The van der Waals surface area contributed by atoms with Gasteiger partial charge in [-0.05, 0) is 36.8 Å². The lowest BCUT2D eigenvalue weighted by Crippen LogP contribution is -2.23. The number of rotatable bonds is 5. The van der Waals surface area contributed by atoms with Crippen LogP contribution in [0.1, 0.15) is 27.3 Å². The van der Waals surface area contributed by atoms with Gasteiger partial charge in [0.15, 0.2) is 0 Å². The fraction of sp³-hybridized carbons (Fsp3) is 0.143. The zero-order valence-electron chi connectivity index (χ0n) is 16.1. The quantitative estimate of drug-likeness (QED) is 0.491. The topological polar surface area (TPSA) is 98.2 Å². The highest BCUT2D eigenvalue weighted by atomic mass is 35.5. The van der Waals surface area contributed by atoms with Crippen LogP contribution in [0.5, 0.6) is 0 Å². The molecular weight excluding hydrogens is 423 g/mol. The fourth-order valence-corrected chi connectivity index (χ4v) is 3.75. The van der Waals surface area contributed by atoms with Crippen LogP contribution in [-0.4, -0.2) is 25.3 Å². The summed E-state index contributed by atoms with van der Waals surface area (Å²) in [5, 5.41) is 3.85. The Hall–Kier alpha value is -3.00. The predicted molar refractivity (Wildman–Crippen MR) is 116 cm³/mol. The van der Waals surface area contributed by atoms with Crippen molar-refractivity contribution in [1.82, 2.24) is 24.7 Å². The van der Waals surface area contributed by atoms with Crippen LogP contribution in [0.15, 0.2) is 48.9 Å². The first-order chi connectivity index (χ1) is 14.5. The number of nitrogens with two attached hydrogens (primary N) is 1. The highest BCUT2D eigenvalue weighted by Crippen LogP contribution is 2.34. The van der Waals surface area contributed by atoms with Gasteiger partial charge in [0, 0.05) is 53.5 Å². The Morgan fingerprint density at radius 3 is 2.77 bits per heavy atom. The molecule has 0 aliphatic carbocycles. The molecular formula is C21H18Cl2N6O. The molecule has 30 heavy (non-hydrogen) atoms. The van der Waals surface area contributed by atoms with E-state index in [-0.39, 0.29) is 18.1 Å². The number of hydrogen-bond acceptors (Lipinski definition) is 5. The standard InChI is InChI=1S/C21H18Cl2N6O/c1-12-16(8-24)19(15-5-4-14(22)7-17(15)23)29-11-18(28-21(29)27-12)20(30)26-10-13-3-2-6-25-9-13/h2-7,9,11H,8,10,24H2,1H3,(H,26,30). The maximum atomic E-state index is 12.7. The number of imidazole rings is 1. The molecule has 3 N–H and O–H groups in total. The minimum atomic E-state index is -0.315. The van der Waals surface area contributed by atoms with Gasteiger partial charge in [-0.3, -0.25) is 14.2 Å². The van der Waals surface area contributed by atoms with E-state index in [1.54, 1.807) is 35.1 Å². The fourth-order valence-electron chi connectivity index (χ4n) is 3.25. The van der Waals surface area contributed by atoms with E-state index < -0.39 is 0 Å². The molecule has 0 saturated carbocycles. The van der Waals surface area contributed by atoms with Gasteiger partial charge in [0.2, 0.25) is 5.78 Å². The minimum absolute atomic E-state index is 0.242. The third kappa shape index (κ3) is 3.87. The van der Waals surface area contributed by atoms with E-state index in [1.165, 1.54) is 0 Å². The number of nitrogens with one attached hydrogen (secondary N) is 1. The van der Waals surface area contributed by atoms with Crippen molar-refractivity contribution >= 4 is 34.9 Å². The van der Waals surface area contributed by atoms with E-state index in [2.05, 4.69) is 20.3 Å². The van der Waals surface area contributed by atoms with Crippen LogP contribution in [0.4, 0.5) is 0 Å². The molecule has 3 heterocycles. The summed E-state index contributed by atoms with van der Waals surface area (Å²) >= 11 is 12.5. The van der Waals surface area contributed by atoms with E-state index in [0.717, 1.165) is 28.1 Å². The summed E-state index contributed by atoms with van der Waals surface area (Å²) < 4.78 is 1.74. The lowest BCUT2D eigenvalue weighted by molar-refractivity contribution is 0.0946. The first-order valence-electron chi connectivity index (χ1n) is 9.19. The van der Waals surface area contributed by atoms with Gasteiger partial charge in [-0.1, -0.05) is 29.3 Å². The van der Waals surface area contributed by atoms with Crippen LogP contribution >= 0.6 is 23.2 Å². The minimum Gasteiger partial charge on any atom is -0.347 e. The molecule has 152 valence electrons. The van der Waals surface area contributed by atoms with Crippen molar-refractivity contribution in [3.8, 4) is 11.3 Å². The second kappa shape index (κ2) is 8.39. The predicted octanol–water partition coefficient (Wildman–Crippen LogP) is 3.80. The van der Waals surface area contributed by atoms with Gasteiger partial charge in [-0.2, -0.15) is 0 Å². The van der Waals surface area contributed by atoms with Gasteiger partial charge >= 0.3 is 0 Å². The van der Waals surface area contributed by atoms with Crippen LogP contribution in [0.25, 0.3) is 17.0 Å². The van der Waals surface area contributed by atoms with E-state index in [4.69, 9.17) is 28.9 Å². The summed E-state index contributed by atoms with van der Waals surface area (Å²) in [7, 11) is 0. The van der Waals surface area contributed by atoms with Gasteiger partial charge in [0.05, 0.1) is 10.7 Å². The molecule has 0 unspecified atom stereocenters. The highest BCUT2D eigenvalue weighted by Gasteiger charge is 2.20. The molecule has 0 bridgehead atoms. The van der Waals surface area contributed by atoms with Crippen LogP contribution in [0, 0.1) is 6.92 Å². The van der Waals surface area contributed by atoms with Crippen molar-refractivity contribution in [1.29, 1.82) is 0 Å². The average molecular weight is 441 g/mol. The van der Waals surface area contributed by atoms with Gasteiger partial charge in [-0.25, -0.2) is 9.97 Å². The normalized spacial score (nSPS) is 11.1. The Kier molecular flexibility index (Phi) is 5.67. The first kappa shape index (κ1) is 20.3. The molecule has 0 aliphatic rings. The monoisotopic (exact) mass is 440 g/mol. The summed E-state index contributed by atoms with van der Waals surface area (Å²) in [5.41, 5.74) is 10.1. The average Bonchev–Trinajstić information content (AvgIpc) is 3.16. The van der Waals surface area contributed by atoms with Gasteiger partial charge in [0.25, 0.3) is 5.91 Å². The van der Waals surface area contributed by atoms with Gasteiger partial charge < -0.3 is 11.1 Å². The van der Waals surface area contributed by atoms with Gasteiger partial charge in [0.1, 0.15) is 5.69 Å². The number of halogens is 2. The van der Waals surface area contributed by atoms with Crippen molar-refractivity contribution < 1.29 is 4.79 Å². The third-order valence-electron chi connectivity index (χ3n) is 4.72. The number of carbonyl (C=O) groups is 1. The number of carbonyl (C=O) groups excluding carboxylic acids is 1. The summed E-state index contributed by atoms with van der Waals surface area (Å²) in [6.45, 7) is 2.45. The Balaban J connectivity index is 1.77. The second-order valence-electron chi connectivity index (χ2n) is 6.69. The molecule has 0 saturated heterocycles. The lowest BCUT2D eigenvalue weighted by Gasteiger charge is -2.14. The first-order valence-corrected chi connectivity index (χ1v) is 9.94. The van der Waals surface area contributed by atoms with E-state index in [1.807, 2.05) is 25.1 Å². The molecule has 0 aliphatic heterocycles.